The minimum atomic E-state index is -3.75. The molecule has 7 nitrogen and oxygen atoms in total. The van der Waals surface area contributed by atoms with Gasteiger partial charge in [-0.1, -0.05) is 19.3 Å². The standard InChI is InChI=1S/C18H28N2O5S/c1-2-25-12-6-11-19-26(23,24)15-9-10-17(16(13-15)18(21)22)20-14-7-4-3-5-8-14/h9-10,13-14,19-20H,2-8,11-12H2,1H3,(H,21,22). The van der Waals surface area contributed by atoms with Crippen molar-refractivity contribution >= 4 is 21.7 Å². The summed E-state index contributed by atoms with van der Waals surface area (Å²) in [5, 5.41) is 12.7. The van der Waals surface area contributed by atoms with Gasteiger partial charge >= 0.3 is 5.97 Å². The Hall–Kier alpha value is -1.64. The number of anilines is 1. The molecule has 0 heterocycles. The van der Waals surface area contributed by atoms with E-state index in [1.54, 1.807) is 6.07 Å². The molecule has 8 heteroatoms. The van der Waals surface area contributed by atoms with E-state index in [9.17, 15) is 18.3 Å². The Morgan fingerprint density at radius 2 is 2.00 bits per heavy atom. The van der Waals surface area contributed by atoms with Gasteiger partial charge in [-0.3, -0.25) is 0 Å². The van der Waals surface area contributed by atoms with Gasteiger partial charge in [0.25, 0.3) is 0 Å². The summed E-state index contributed by atoms with van der Waals surface area (Å²) in [5.41, 5.74) is 0.451. The van der Waals surface area contributed by atoms with Crippen molar-refractivity contribution in [2.75, 3.05) is 25.1 Å². The first-order valence-corrected chi connectivity index (χ1v) is 10.6. The van der Waals surface area contributed by atoms with Crippen molar-refractivity contribution in [3.63, 3.8) is 0 Å². The number of hydrogen-bond donors (Lipinski definition) is 3. The molecule has 0 atom stereocenters. The second-order valence-electron chi connectivity index (χ2n) is 6.44. The highest BCUT2D eigenvalue weighted by molar-refractivity contribution is 7.89. The maximum absolute atomic E-state index is 12.4. The summed E-state index contributed by atoms with van der Waals surface area (Å²) < 4.78 is 32.4. The van der Waals surface area contributed by atoms with Crippen LogP contribution in [-0.2, 0) is 14.8 Å². The lowest BCUT2D eigenvalue weighted by Gasteiger charge is -2.24. The molecule has 1 fully saturated rings. The lowest BCUT2D eigenvalue weighted by atomic mass is 9.95. The normalized spacial score (nSPS) is 15.7. The van der Waals surface area contributed by atoms with Crippen LogP contribution in [0.3, 0.4) is 0 Å². The zero-order valence-electron chi connectivity index (χ0n) is 15.2. The molecule has 0 radical (unpaired) electrons. The van der Waals surface area contributed by atoms with Gasteiger partial charge in [-0.05, 0) is 44.4 Å². The van der Waals surface area contributed by atoms with Crippen LogP contribution in [0.4, 0.5) is 5.69 Å². The summed E-state index contributed by atoms with van der Waals surface area (Å²) in [6.45, 7) is 3.18. The minimum Gasteiger partial charge on any atom is -0.478 e. The molecule has 0 aromatic heterocycles. The molecule has 0 aliphatic heterocycles. The Bertz CT molecular complexity index is 700. The molecule has 0 bridgehead atoms. The summed E-state index contributed by atoms with van der Waals surface area (Å²) in [6.07, 6.45) is 6.01. The minimum absolute atomic E-state index is 0.0206. The molecular weight excluding hydrogens is 356 g/mol. The number of carboxylic acid groups (broad SMARTS) is 1. The average molecular weight is 384 g/mol. The molecule has 1 aromatic rings. The number of ether oxygens (including phenoxy) is 1. The Morgan fingerprint density at radius 3 is 2.65 bits per heavy atom. The van der Waals surface area contributed by atoms with Gasteiger partial charge in [0.15, 0.2) is 0 Å². The number of carbonyl (C=O) groups is 1. The molecule has 3 N–H and O–H groups in total. The van der Waals surface area contributed by atoms with Crippen molar-refractivity contribution < 1.29 is 23.1 Å². The van der Waals surface area contributed by atoms with E-state index >= 15 is 0 Å². The van der Waals surface area contributed by atoms with Crippen molar-refractivity contribution in [2.24, 2.45) is 0 Å². The number of rotatable bonds is 10. The molecule has 1 aliphatic carbocycles. The third-order valence-corrected chi connectivity index (χ3v) is 5.92. The van der Waals surface area contributed by atoms with E-state index in [1.165, 1.54) is 18.6 Å². The molecule has 0 unspecified atom stereocenters. The number of sulfonamides is 1. The van der Waals surface area contributed by atoms with Gasteiger partial charge in [0, 0.05) is 31.5 Å². The van der Waals surface area contributed by atoms with E-state index in [1.807, 2.05) is 6.92 Å². The van der Waals surface area contributed by atoms with Crippen LogP contribution >= 0.6 is 0 Å². The van der Waals surface area contributed by atoms with Crippen molar-refractivity contribution in [2.45, 2.75) is 56.4 Å². The lowest BCUT2D eigenvalue weighted by Crippen LogP contribution is -2.26. The third kappa shape index (κ3) is 5.96. The van der Waals surface area contributed by atoms with Crippen LogP contribution in [0.2, 0.25) is 0 Å². The monoisotopic (exact) mass is 384 g/mol. The van der Waals surface area contributed by atoms with Crippen molar-refractivity contribution in [1.29, 1.82) is 0 Å². The summed E-state index contributed by atoms with van der Waals surface area (Å²) >= 11 is 0. The number of aromatic carboxylic acids is 1. The maximum atomic E-state index is 12.4. The van der Waals surface area contributed by atoms with Crippen LogP contribution in [0.1, 0.15) is 55.8 Å². The lowest BCUT2D eigenvalue weighted by molar-refractivity contribution is 0.0697. The molecule has 0 amide bonds. The fourth-order valence-corrected chi connectivity index (χ4v) is 4.17. The van der Waals surface area contributed by atoms with E-state index in [4.69, 9.17) is 4.74 Å². The second-order valence-corrected chi connectivity index (χ2v) is 8.21. The van der Waals surface area contributed by atoms with Crippen LogP contribution in [0.15, 0.2) is 23.1 Å². The topological polar surface area (TPSA) is 105 Å². The largest absolute Gasteiger partial charge is 0.478 e. The molecule has 2 rings (SSSR count). The van der Waals surface area contributed by atoms with Gasteiger partial charge in [0.1, 0.15) is 0 Å². The Morgan fingerprint density at radius 1 is 1.27 bits per heavy atom. The summed E-state index contributed by atoms with van der Waals surface area (Å²) in [7, 11) is -3.75. The van der Waals surface area contributed by atoms with Crippen molar-refractivity contribution in [1.82, 2.24) is 4.72 Å². The number of carboxylic acids is 1. The number of nitrogens with one attached hydrogen (secondary N) is 2. The zero-order chi connectivity index (χ0) is 19.0. The van der Waals surface area contributed by atoms with Crippen LogP contribution in [0.25, 0.3) is 0 Å². The second kappa shape index (κ2) is 9.89. The predicted octanol–water partition coefficient (Wildman–Crippen LogP) is 2.83. The summed E-state index contributed by atoms with van der Waals surface area (Å²) in [4.78, 5) is 11.6. The molecule has 1 aromatic carbocycles. The Labute approximate surface area is 155 Å². The van der Waals surface area contributed by atoms with E-state index < -0.39 is 16.0 Å². The third-order valence-electron chi connectivity index (χ3n) is 4.46. The molecular formula is C18H28N2O5S. The van der Waals surface area contributed by atoms with Crippen LogP contribution in [0.5, 0.6) is 0 Å². The predicted molar refractivity (Wildman–Crippen MR) is 100 cm³/mol. The highest BCUT2D eigenvalue weighted by Crippen LogP contribution is 2.26. The average Bonchev–Trinajstić information content (AvgIpc) is 2.62. The van der Waals surface area contributed by atoms with E-state index in [0.29, 0.717) is 25.3 Å². The zero-order valence-corrected chi connectivity index (χ0v) is 16.0. The fraction of sp³-hybridized carbons (Fsp3) is 0.611. The molecule has 1 saturated carbocycles. The van der Waals surface area contributed by atoms with Gasteiger partial charge in [0.05, 0.1) is 10.5 Å². The van der Waals surface area contributed by atoms with Gasteiger partial charge in [-0.15, -0.1) is 0 Å². The molecule has 1 aliphatic rings. The summed E-state index contributed by atoms with van der Waals surface area (Å²) in [6, 6.07) is 4.45. The van der Waals surface area contributed by atoms with E-state index in [-0.39, 0.29) is 23.0 Å². The first-order valence-electron chi connectivity index (χ1n) is 9.15. The maximum Gasteiger partial charge on any atom is 0.337 e. The van der Waals surface area contributed by atoms with Gasteiger partial charge in [0.2, 0.25) is 10.0 Å². The first kappa shape index (κ1) is 20.7. The Balaban J connectivity index is 2.09. The van der Waals surface area contributed by atoms with Crippen LogP contribution in [-0.4, -0.2) is 45.3 Å². The fourth-order valence-electron chi connectivity index (χ4n) is 3.07. The molecule has 26 heavy (non-hydrogen) atoms. The quantitative estimate of drug-likeness (QED) is 0.536. The first-order chi connectivity index (χ1) is 12.4. The summed E-state index contributed by atoms with van der Waals surface area (Å²) in [5.74, 6) is -1.14. The van der Waals surface area contributed by atoms with Gasteiger partial charge in [-0.25, -0.2) is 17.9 Å². The smallest absolute Gasteiger partial charge is 0.337 e. The SMILES string of the molecule is CCOCCCNS(=O)(=O)c1ccc(NC2CCCCC2)c(C(=O)O)c1. The molecule has 146 valence electrons. The van der Waals surface area contributed by atoms with Crippen molar-refractivity contribution in [3.8, 4) is 0 Å². The van der Waals surface area contributed by atoms with E-state index in [2.05, 4.69) is 10.0 Å². The van der Waals surface area contributed by atoms with Gasteiger partial charge in [-0.2, -0.15) is 0 Å². The molecule has 0 spiro atoms. The number of hydrogen-bond acceptors (Lipinski definition) is 5. The highest BCUT2D eigenvalue weighted by atomic mass is 32.2. The van der Waals surface area contributed by atoms with Gasteiger partial charge < -0.3 is 15.2 Å². The van der Waals surface area contributed by atoms with Crippen molar-refractivity contribution in [3.05, 3.63) is 23.8 Å². The molecule has 0 saturated heterocycles. The van der Waals surface area contributed by atoms with Crippen LogP contribution in [0, 0.1) is 0 Å². The number of benzene rings is 1. The van der Waals surface area contributed by atoms with Crippen LogP contribution < -0.4 is 10.0 Å². The Kier molecular flexibility index (Phi) is 7.86. The van der Waals surface area contributed by atoms with E-state index in [0.717, 1.165) is 25.7 Å². The highest BCUT2D eigenvalue weighted by Gasteiger charge is 2.21.